The number of aromatic nitrogens is 3. The summed E-state index contributed by atoms with van der Waals surface area (Å²) in [5.41, 5.74) is 5.12. The van der Waals surface area contributed by atoms with E-state index in [1.54, 1.807) is 31.3 Å². The van der Waals surface area contributed by atoms with Gasteiger partial charge in [0.2, 0.25) is 5.60 Å². The molecule has 2 aromatic heterocycles. The largest absolute Gasteiger partial charge is 0.382 e. The summed E-state index contributed by atoms with van der Waals surface area (Å²) in [5.74, 6) is 5.00. The SMILES string of the molecule is CN1CC[C@@](O)(C#Cc2cccc(-c3cc(C(F)(F)I)c4ncnc(N)c4n3)c2)C1=O. The first-order chi connectivity index (χ1) is 14.6. The van der Waals surface area contributed by atoms with E-state index >= 15 is 0 Å². The number of halogens is 3. The highest BCUT2D eigenvalue weighted by atomic mass is 127. The number of fused-ring (bicyclic) bond motifs is 1. The van der Waals surface area contributed by atoms with Crippen LogP contribution < -0.4 is 5.73 Å². The lowest BCUT2D eigenvalue weighted by Crippen LogP contribution is -2.37. The Kier molecular flexibility index (Phi) is 5.26. The van der Waals surface area contributed by atoms with Crippen LogP contribution in [-0.4, -0.2) is 50.1 Å². The molecule has 1 aromatic carbocycles. The zero-order chi connectivity index (χ0) is 22.4. The Hall–Kier alpha value is -2.91. The summed E-state index contributed by atoms with van der Waals surface area (Å²) in [5, 5.41) is 10.5. The molecule has 1 aliphatic rings. The van der Waals surface area contributed by atoms with Gasteiger partial charge in [-0.1, -0.05) is 24.0 Å². The Bertz CT molecular complexity index is 1270. The zero-order valence-corrected chi connectivity index (χ0v) is 18.4. The molecule has 0 saturated carbocycles. The summed E-state index contributed by atoms with van der Waals surface area (Å²) in [6, 6.07) is 7.97. The van der Waals surface area contributed by atoms with Crippen molar-refractivity contribution in [2.45, 2.75) is 16.0 Å². The second-order valence-corrected chi connectivity index (χ2v) is 8.53. The number of hydrogen-bond donors (Lipinski definition) is 2. The first-order valence-corrected chi connectivity index (χ1v) is 10.3. The van der Waals surface area contributed by atoms with Crippen LogP contribution in [-0.2, 0) is 8.72 Å². The van der Waals surface area contributed by atoms with Gasteiger partial charge in [-0.15, -0.1) is 0 Å². The van der Waals surface area contributed by atoms with Gasteiger partial charge < -0.3 is 15.7 Å². The van der Waals surface area contributed by atoms with Gasteiger partial charge in [-0.2, -0.15) is 8.78 Å². The normalized spacial score (nSPS) is 18.9. The minimum Gasteiger partial charge on any atom is -0.382 e. The van der Waals surface area contributed by atoms with Crippen molar-refractivity contribution in [2.75, 3.05) is 19.3 Å². The van der Waals surface area contributed by atoms with Crippen LogP contribution >= 0.6 is 22.6 Å². The number of rotatable bonds is 2. The molecule has 0 spiro atoms. The number of amides is 1. The Morgan fingerprint density at radius 2 is 2.06 bits per heavy atom. The van der Waals surface area contributed by atoms with Gasteiger partial charge in [-0.3, -0.25) is 4.79 Å². The van der Waals surface area contributed by atoms with Crippen LogP contribution in [0.2, 0.25) is 0 Å². The van der Waals surface area contributed by atoms with E-state index in [0.29, 0.717) is 17.7 Å². The van der Waals surface area contributed by atoms with Crippen LogP contribution in [0.3, 0.4) is 0 Å². The van der Waals surface area contributed by atoms with Crippen molar-refractivity contribution in [1.29, 1.82) is 0 Å². The van der Waals surface area contributed by atoms with Crippen molar-refractivity contribution in [3.8, 4) is 23.1 Å². The number of pyridine rings is 1. The van der Waals surface area contributed by atoms with Crippen LogP contribution in [0.4, 0.5) is 14.6 Å². The third kappa shape index (κ3) is 4.03. The van der Waals surface area contributed by atoms with Gasteiger partial charge in [-0.05, 0) is 18.2 Å². The monoisotopic (exact) mass is 535 g/mol. The van der Waals surface area contributed by atoms with Gasteiger partial charge in [0.25, 0.3) is 5.91 Å². The van der Waals surface area contributed by atoms with Gasteiger partial charge in [0.05, 0.1) is 11.3 Å². The molecule has 0 unspecified atom stereocenters. The number of aliphatic hydroxyl groups is 1. The van der Waals surface area contributed by atoms with Gasteiger partial charge in [0, 0.05) is 53.7 Å². The van der Waals surface area contributed by atoms with Crippen LogP contribution in [0, 0.1) is 11.8 Å². The molecule has 158 valence electrons. The molecule has 0 bridgehead atoms. The molecule has 1 saturated heterocycles. The number of likely N-dealkylation sites (N-methyl/N-ethyl adjacent to an activating group) is 1. The molecular formula is C21H16F2IN5O2. The van der Waals surface area contributed by atoms with E-state index in [1.165, 1.54) is 11.0 Å². The van der Waals surface area contributed by atoms with Gasteiger partial charge in [0.15, 0.2) is 5.82 Å². The van der Waals surface area contributed by atoms with Crippen molar-refractivity contribution in [2.24, 2.45) is 0 Å². The smallest absolute Gasteiger partial charge is 0.323 e. The summed E-state index contributed by atoms with van der Waals surface area (Å²) in [6.07, 6.45) is 1.34. The van der Waals surface area contributed by atoms with E-state index in [0.717, 1.165) is 28.9 Å². The number of carbonyl (C=O) groups excluding carboxylic acids is 1. The lowest BCUT2D eigenvalue weighted by Gasteiger charge is -2.14. The predicted octanol–water partition coefficient (Wildman–Crippen LogP) is 2.70. The Morgan fingerprint density at radius 1 is 1.29 bits per heavy atom. The van der Waals surface area contributed by atoms with E-state index in [4.69, 9.17) is 5.73 Å². The number of carbonyl (C=O) groups is 1. The van der Waals surface area contributed by atoms with Crippen molar-refractivity contribution in [3.05, 3.63) is 47.8 Å². The summed E-state index contributed by atoms with van der Waals surface area (Å²) in [4.78, 5) is 25.7. The van der Waals surface area contributed by atoms with Gasteiger partial charge in [-0.25, -0.2) is 15.0 Å². The highest BCUT2D eigenvalue weighted by molar-refractivity contribution is 14.1. The van der Waals surface area contributed by atoms with Gasteiger partial charge >= 0.3 is 3.93 Å². The summed E-state index contributed by atoms with van der Waals surface area (Å²) in [7, 11) is 1.60. The number of likely N-dealkylation sites (tertiary alicyclic amines) is 1. The second kappa shape index (κ2) is 7.65. The summed E-state index contributed by atoms with van der Waals surface area (Å²) in [6.45, 7) is 0.418. The fourth-order valence-corrected chi connectivity index (χ4v) is 3.73. The molecule has 0 radical (unpaired) electrons. The van der Waals surface area contributed by atoms with Crippen LogP contribution in [0.1, 0.15) is 17.5 Å². The number of alkyl halides is 3. The highest BCUT2D eigenvalue weighted by Crippen LogP contribution is 2.40. The highest BCUT2D eigenvalue weighted by Gasteiger charge is 2.42. The molecule has 3 heterocycles. The molecule has 0 aliphatic carbocycles. The third-order valence-electron chi connectivity index (χ3n) is 5.01. The molecule has 3 aromatic rings. The van der Waals surface area contributed by atoms with Crippen LogP contribution in [0.25, 0.3) is 22.3 Å². The van der Waals surface area contributed by atoms with Crippen molar-refractivity contribution < 1.29 is 18.7 Å². The maximum absolute atomic E-state index is 14.3. The maximum atomic E-state index is 14.3. The first kappa shape index (κ1) is 21.3. The second-order valence-electron chi connectivity index (χ2n) is 7.18. The van der Waals surface area contributed by atoms with Crippen molar-refractivity contribution in [3.63, 3.8) is 0 Å². The Balaban J connectivity index is 1.80. The predicted molar refractivity (Wildman–Crippen MR) is 119 cm³/mol. The topological polar surface area (TPSA) is 105 Å². The van der Waals surface area contributed by atoms with Gasteiger partial charge in [0.1, 0.15) is 17.4 Å². The molecule has 3 N–H and O–H groups in total. The molecule has 1 fully saturated rings. The standard InChI is InChI=1S/C21H16F2IN5O2/c1-29-8-7-20(31,19(29)30)6-5-12-3-2-4-13(9-12)15-10-14(21(22,23)24)16-17(28-15)18(25)27-11-26-16/h2-4,9-11,31H,7-8H2,1H3,(H2,25,26,27)/t20-/m0/s1. The summed E-state index contributed by atoms with van der Waals surface area (Å²) >= 11 is 1.04. The molecule has 31 heavy (non-hydrogen) atoms. The Labute approximate surface area is 189 Å². The van der Waals surface area contributed by atoms with Crippen molar-refractivity contribution in [1.82, 2.24) is 19.9 Å². The fraction of sp³-hybridized carbons (Fsp3) is 0.238. The fourth-order valence-electron chi connectivity index (χ4n) is 3.32. The van der Waals surface area contributed by atoms with E-state index in [1.807, 2.05) is 0 Å². The van der Waals surface area contributed by atoms with E-state index < -0.39 is 15.4 Å². The van der Waals surface area contributed by atoms with Crippen LogP contribution in [0.15, 0.2) is 36.7 Å². The average Bonchev–Trinajstić information content (AvgIpc) is 2.99. The van der Waals surface area contributed by atoms with E-state index in [-0.39, 0.29) is 34.5 Å². The minimum absolute atomic E-state index is 0.00390. The summed E-state index contributed by atoms with van der Waals surface area (Å²) < 4.78 is 25.3. The van der Waals surface area contributed by atoms with Crippen molar-refractivity contribution >= 4 is 45.3 Å². The van der Waals surface area contributed by atoms with E-state index in [9.17, 15) is 18.7 Å². The number of nitrogens with zero attached hydrogens (tertiary/aromatic N) is 4. The van der Waals surface area contributed by atoms with Crippen LogP contribution in [0.5, 0.6) is 0 Å². The molecule has 7 nitrogen and oxygen atoms in total. The number of nitrogens with two attached hydrogens (primary N) is 1. The minimum atomic E-state index is -3.20. The number of nitrogen functional groups attached to an aromatic ring is 1. The molecule has 1 amide bonds. The number of hydrogen-bond acceptors (Lipinski definition) is 6. The number of anilines is 1. The molecule has 10 heteroatoms. The zero-order valence-electron chi connectivity index (χ0n) is 16.2. The average molecular weight is 535 g/mol. The lowest BCUT2D eigenvalue weighted by molar-refractivity contribution is -0.137. The third-order valence-corrected chi connectivity index (χ3v) is 5.59. The lowest BCUT2D eigenvalue weighted by atomic mass is 10.0. The first-order valence-electron chi connectivity index (χ1n) is 9.18. The number of benzene rings is 1. The molecule has 1 atom stereocenters. The quantitative estimate of drug-likeness (QED) is 0.297. The Morgan fingerprint density at radius 3 is 2.74 bits per heavy atom. The molecular weight excluding hydrogens is 519 g/mol. The molecule has 1 aliphatic heterocycles. The maximum Gasteiger partial charge on any atom is 0.323 e. The van der Waals surface area contributed by atoms with E-state index in [2.05, 4.69) is 26.8 Å². The molecule has 4 rings (SSSR count).